The highest BCUT2D eigenvalue weighted by Gasteiger charge is 2.28. The molecule has 3 unspecified atom stereocenters. The lowest BCUT2D eigenvalue weighted by Crippen LogP contribution is -2.43. The molecular weight excluding hydrogens is 565 g/mol. The minimum atomic E-state index is -4.71. The molecule has 0 aromatic rings. The first-order valence-electron chi connectivity index (χ1n) is 15.0. The summed E-state index contributed by atoms with van der Waals surface area (Å²) < 4.78 is 25.6. The van der Waals surface area contributed by atoms with Gasteiger partial charge in [0.05, 0.1) is 13.2 Å². The van der Waals surface area contributed by atoms with Crippen molar-refractivity contribution in [3.8, 4) is 0 Å². The number of carbonyl (C=O) groups excluding carboxylic acids is 2. The fraction of sp³-hybridized carbons (Fsp3) is 0.700. The van der Waals surface area contributed by atoms with Crippen molar-refractivity contribution in [1.82, 2.24) is 5.32 Å². The predicted molar refractivity (Wildman–Crippen MR) is 162 cm³/mol. The van der Waals surface area contributed by atoms with E-state index in [-0.39, 0.29) is 6.42 Å². The van der Waals surface area contributed by atoms with Crippen LogP contribution in [0.5, 0.6) is 0 Å². The molecule has 0 rings (SSSR count). The normalized spacial score (nSPS) is 14.8. The number of hydrogen-bond acceptors (Lipinski definition) is 8. The number of carboxylic acid groups (broad SMARTS) is 1. The summed E-state index contributed by atoms with van der Waals surface area (Å²) >= 11 is 0. The molecule has 4 N–H and O–H groups in total. The van der Waals surface area contributed by atoms with Gasteiger partial charge in [0.15, 0.2) is 6.04 Å². The second kappa shape index (κ2) is 26.3. The molecule has 0 bridgehead atoms. The average Bonchev–Trinajstić information content (AvgIpc) is 2.94. The topological polar surface area (TPSA) is 169 Å². The van der Waals surface area contributed by atoms with Crippen molar-refractivity contribution in [2.75, 3.05) is 19.8 Å². The molecule has 1 amide bonds. The van der Waals surface area contributed by atoms with Gasteiger partial charge in [-0.25, -0.2) is 9.36 Å². The minimum absolute atomic E-state index is 0.129. The Bertz CT molecular complexity index is 874. The van der Waals surface area contributed by atoms with Crippen LogP contribution >= 0.6 is 7.82 Å². The molecule has 0 aromatic carbocycles. The van der Waals surface area contributed by atoms with Gasteiger partial charge >= 0.3 is 19.8 Å². The number of aliphatic carboxylic acids is 1. The highest BCUT2D eigenvalue weighted by molar-refractivity contribution is 7.47. The SMILES string of the molecule is CCCCC/C=C\C/C=C\C/C=C\CCCCCCCCC(=O)NC(COP(=O)(O)OCC(O)COC(C)=O)C(=O)O. The Morgan fingerprint density at radius 3 is 1.88 bits per heavy atom. The number of hydrogen-bond donors (Lipinski definition) is 4. The van der Waals surface area contributed by atoms with Crippen LogP contribution in [-0.2, 0) is 32.7 Å². The summed E-state index contributed by atoms with van der Waals surface area (Å²) in [5.41, 5.74) is 0. The molecule has 0 spiro atoms. The van der Waals surface area contributed by atoms with E-state index < -0.39 is 57.6 Å². The van der Waals surface area contributed by atoms with Gasteiger partial charge in [0.1, 0.15) is 12.7 Å². The van der Waals surface area contributed by atoms with E-state index in [4.69, 9.17) is 0 Å². The van der Waals surface area contributed by atoms with Gasteiger partial charge in [-0.2, -0.15) is 0 Å². The van der Waals surface area contributed by atoms with Crippen LogP contribution in [0.3, 0.4) is 0 Å². The number of phosphoric ester groups is 1. The summed E-state index contributed by atoms with van der Waals surface area (Å²) in [7, 11) is -4.71. The van der Waals surface area contributed by atoms with Crippen molar-refractivity contribution in [3.05, 3.63) is 36.5 Å². The van der Waals surface area contributed by atoms with Gasteiger partial charge in [0.25, 0.3) is 0 Å². The molecule has 242 valence electrons. The fourth-order valence-electron chi connectivity index (χ4n) is 3.63. The van der Waals surface area contributed by atoms with Crippen LogP contribution in [0.25, 0.3) is 0 Å². The summed E-state index contributed by atoms with van der Waals surface area (Å²) in [6.45, 7) is 1.40. The number of aliphatic hydroxyl groups is 1. The van der Waals surface area contributed by atoms with Crippen LogP contribution in [-0.4, -0.2) is 64.9 Å². The molecule has 0 aliphatic heterocycles. The molecule has 0 saturated heterocycles. The highest BCUT2D eigenvalue weighted by atomic mass is 31.2. The van der Waals surface area contributed by atoms with Crippen LogP contribution in [0, 0.1) is 0 Å². The van der Waals surface area contributed by atoms with E-state index in [1.54, 1.807) is 0 Å². The van der Waals surface area contributed by atoms with Crippen molar-refractivity contribution in [2.45, 2.75) is 116 Å². The first-order chi connectivity index (χ1) is 20.1. The third-order valence-corrected chi connectivity index (χ3v) is 6.94. The number of amides is 1. The quantitative estimate of drug-likeness (QED) is 0.0385. The van der Waals surface area contributed by atoms with Gasteiger partial charge in [-0.3, -0.25) is 18.6 Å². The Kier molecular flexibility index (Phi) is 24.9. The Morgan fingerprint density at radius 1 is 0.786 bits per heavy atom. The van der Waals surface area contributed by atoms with E-state index in [1.165, 1.54) is 25.7 Å². The van der Waals surface area contributed by atoms with Crippen molar-refractivity contribution < 1.29 is 47.8 Å². The lowest BCUT2D eigenvalue weighted by molar-refractivity contribution is -0.144. The van der Waals surface area contributed by atoms with Crippen LogP contribution < -0.4 is 5.32 Å². The first kappa shape index (κ1) is 39.7. The molecule has 0 aliphatic rings. The summed E-state index contributed by atoms with van der Waals surface area (Å²) in [6.07, 6.45) is 25.8. The van der Waals surface area contributed by atoms with E-state index >= 15 is 0 Å². The zero-order valence-electron chi connectivity index (χ0n) is 25.3. The van der Waals surface area contributed by atoms with E-state index in [0.29, 0.717) is 6.42 Å². The summed E-state index contributed by atoms with van der Waals surface area (Å²) in [6, 6.07) is -1.55. The van der Waals surface area contributed by atoms with Gasteiger partial charge < -0.3 is 25.2 Å². The molecule has 0 fully saturated rings. The van der Waals surface area contributed by atoms with Crippen molar-refractivity contribution >= 4 is 25.7 Å². The lowest BCUT2D eigenvalue weighted by Gasteiger charge is -2.18. The summed E-state index contributed by atoms with van der Waals surface area (Å²) in [5.74, 6) is -2.58. The molecular formula is C30H52NO10P. The third-order valence-electron chi connectivity index (χ3n) is 5.99. The maximum Gasteiger partial charge on any atom is 0.472 e. The Labute approximate surface area is 251 Å². The second-order valence-corrected chi connectivity index (χ2v) is 11.5. The highest BCUT2D eigenvalue weighted by Crippen LogP contribution is 2.43. The molecule has 0 heterocycles. The van der Waals surface area contributed by atoms with Crippen molar-refractivity contribution in [3.63, 3.8) is 0 Å². The number of carboxylic acids is 1. The van der Waals surface area contributed by atoms with Gasteiger partial charge in [-0.05, 0) is 44.9 Å². The van der Waals surface area contributed by atoms with Gasteiger partial charge in [-0.15, -0.1) is 0 Å². The smallest absolute Gasteiger partial charge is 0.472 e. The van der Waals surface area contributed by atoms with Gasteiger partial charge in [-0.1, -0.05) is 81.9 Å². The van der Waals surface area contributed by atoms with Gasteiger partial charge in [0.2, 0.25) is 5.91 Å². The molecule has 11 nitrogen and oxygen atoms in total. The monoisotopic (exact) mass is 617 g/mol. The number of rotatable bonds is 27. The molecule has 0 aliphatic carbocycles. The van der Waals surface area contributed by atoms with Crippen molar-refractivity contribution in [1.29, 1.82) is 0 Å². The molecule has 0 radical (unpaired) electrons. The van der Waals surface area contributed by atoms with E-state index in [1.807, 2.05) is 0 Å². The number of phosphoric acid groups is 1. The number of esters is 1. The number of allylic oxidation sites excluding steroid dienone is 6. The Morgan fingerprint density at radius 2 is 1.31 bits per heavy atom. The zero-order chi connectivity index (χ0) is 31.5. The molecule has 42 heavy (non-hydrogen) atoms. The lowest BCUT2D eigenvalue weighted by atomic mass is 10.1. The maximum atomic E-state index is 12.1. The third kappa shape index (κ3) is 26.6. The average molecular weight is 618 g/mol. The molecule has 12 heteroatoms. The zero-order valence-corrected chi connectivity index (χ0v) is 26.2. The largest absolute Gasteiger partial charge is 0.480 e. The molecule has 0 saturated carbocycles. The van der Waals surface area contributed by atoms with Gasteiger partial charge in [0, 0.05) is 13.3 Å². The van der Waals surface area contributed by atoms with Crippen LogP contribution in [0.15, 0.2) is 36.5 Å². The summed E-state index contributed by atoms with van der Waals surface area (Å²) in [5, 5.41) is 21.1. The standard InChI is InChI=1S/C30H52NO10P/c1-3-4-5-6-7-8-9-10-11-12-13-14-15-16-17-18-19-20-21-22-29(34)31-28(30(35)36)25-41-42(37,38)40-24-27(33)23-39-26(2)32/h7-8,10-11,13-14,27-28,33H,3-6,9,12,15-25H2,1-2H3,(H,31,34)(H,35,36)(H,37,38)/b8-7-,11-10-,14-13-. The molecule has 0 aromatic heterocycles. The Balaban J connectivity index is 3.91. The van der Waals surface area contributed by atoms with Crippen molar-refractivity contribution in [2.24, 2.45) is 0 Å². The number of aliphatic hydroxyl groups excluding tert-OH is 1. The van der Waals surface area contributed by atoms with E-state index in [0.717, 1.165) is 58.3 Å². The number of unbranched alkanes of at least 4 members (excludes halogenated alkanes) is 9. The second-order valence-electron chi connectivity index (χ2n) is 10.0. The van der Waals surface area contributed by atoms with Crippen LogP contribution in [0.1, 0.15) is 104 Å². The molecule has 3 atom stereocenters. The maximum absolute atomic E-state index is 12.1. The summed E-state index contributed by atoms with van der Waals surface area (Å²) in [4.78, 5) is 43.9. The van der Waals surface area contributed by atoms with E-state index in [2.05, 4.69) is 62.5 Å². The number of ether oxygens (including phenoxy) is 1. The number of carbonyl (C=O) groups is 3. The first-order valence-corrected chi connectivity index (χ1v) is 16.5. The predicted octanol–water partition coefficient (Wildman–Crippen LogP) is 5.76. The van der Waals surface area contributed by atoms with E-state index in [9.17, 15) is 34.1 Å². The van der Waals surface area contributed by atoms with Crippen LogP contribution in [0.4, 0.5) is 0 Å². The number of nitrogens with one attached hydrogen (secondary N) is 1. The minimum Gasteiger partial charge on any atom is -0.480 e. The fourth-order valence-corrected chi connectivity index (χ4v) is 4.41. The van der Waals surface area contributed by atoms with Crippen LogP contribution in [0.2, 0.25) is 0 Å². The Hall–Kier alpha value is -2.30.